The Morgan fingerprint density at radius 3 is 2.67 bits per heavy atom. The Morgan fingerprint density at radius 1 is 1.17 bits per heavy atom. The molecule has 0 unspecified atom stereocenters. The van der Waals surface area contributed by atoms with E-state index < -0.39 is 0 Å². The monoisotopic (exact) mass is 278 g/mol. The fourth-order valence-electron chi connectivity index (χ4n) is 1.61. The summed E-state index contributed by atoms with van der Waals surface area (Å²) in [5.74, 6) is 1.01. The van der Waals surface area contributed by atoms with Crippen LogP contribution in [0.4, 0.5) is 5.69 Å². The first kappa shape index (κ1) is 13.2. The predicted octanol–water partition coefficient (Wildman–Crippen LogP) is 4.04. The first-order chi connectivity index (χ1) is 8.75. The van der Waals surface area contributed by atoms with Gasteiger partial charge in [-0.25, -0.2) is 4.98 Å². The standard InChI is InChI=1S/C14H15ClN2S/c15-13-4-1-9-17-14(13)18-10-2-3-11-5-7-12(16)8-6-11/h1,4-9H,2-3,10,16H2. The van der Waals surface area contributed by atoms with Gasteiger partial charge >= 0.3 is 0 Å². The van der Waals surface area contributed by atoms with Gasteiger partial charge < -0.3 is 5.73 Å². The van der Waals surface area contributed by atoms with E-state index >= 15 is 0 Å². The summed E-state index contributed by atoms with van der Waals surface area (Å²) >= 11 is 7.74. The number of nitrogens with two attached hydrogens (primary N) is 1. The minimum Gasteiger partial charge on any atom is -0.399 e. The molecule has 0 spiro atoms. The summed E-state index contributed by atoms with van der Waals surface area (Å²) in [6.45, 7) is 0. The number of hydrogen-bond donors (Lipinski definition) is 1. The van der Waals surface area contributed by atoms with Crippen LogP contribution in [-0.4, -0.2) is 10.7 Å². The second-order valence-corrected chi connectivity index (χ2v) is 5.47. The number of rotatable bonds is 5. The van der Waals surface area contributed by atoms with E-state index in [0.29, 0.717) is 0 Å². The molecular weight excluding hydrogens is 264 g/mol. The van der Waals surface area contributed by atoms with Crippen LogP contribution in [0.25, 0.3) is 0 Å². The SMILES string of the molecule is Nc1ccc(CCCSc2ncccc2Cl)cc1. The number of anilines is 1. The lowest BCUT2D eigenvalue weighted by Gasteiger charge is -2.03. The molecule has 1 aromatic carbocycles. The van der Waals surface area contributed by atoms with E-state index in [1.54, 1.807) is 18.0 Å². The van der Waals surface area contributed by atoms with E-state index in [0.717, 1.165) is 34.3 Å². The van der Waals surface area contributed by atoms with Crippen molar-refractivity contribution in [3.05, 3.63) is 53.2 Å². The number of nitrogen functional groups attached to an aromatic ring is 1. The molecule has 0 aliphatic rings. The van der Waals surface area contributed by atoms with Crippen LogP contribution in [0.3, 0.4) is 0 Å². The van der Waals surface area contributed by atoms with Gasteiger partial charge in [-0.1, -0.05) is 23.7 Å². The summed E-state index contributed by atoms with van der Waals surface area (Å²) in [5, 5.41) is 1.64. The van der Waals surface area contributed by atoms with E-state index in [9.17, 15) is 0 Å². The molecule has 2 nitrogen and oxygen atoms in total. The summed E-state index contributed by atoms with van der Waals surface area (Å²) in [6, 6.07) is 11.8. The second kappa shape index (κ2) is 6.66. The minimum atomic E-state index is 0.731. The van der Waals surface area contributed by atoms with Crippen LogP contribution in [0, 0.1) is 0 Å². The highest BCUT2D eigenvalue weighted by Gasteiger charge is 2.01. The third kappa shape index (κ3) is 3.93. The quantitative estimate of drug-likeness (QED) is 0.510. The average molecular weight is 279 g/mol. The van der Waals surface area contributed by atoms with Crippen molar-refractivity contribution in [2.75, 3.05) is 11.5 Å². The molecule has 0 bridgehead atoms. The molecule has 0 radical (unpaired) electrons. The third-order valence-corrected chi connectivity index (χ3v) is 4.06. The molecule has 0 fully saturated rings. The van der Waals surface area contributed by atoms with E-state index in [2.05, 4.69) is 17.1 Å². The topological polar surface area (TPSA) is 38.9 Å². The van der Waals surface area contributed by atoms with Crippen molar-refractivity contribution < 1.29 is 0 Å². The molecule has 4 heteroatoms. The summed E-state index contributed by atoms with van der Waals surface area (Å²) < 4.78 is 0. The Kier molecular flexibility index (Phi) is 4.90. The van der Waals surface area contributed by atoms with Gasteiger partial charge in [0, 0.05) is 11.9 Å². The van der Waals surface area contributed by atoms with Crippen molar-refractivity contribution in [3.8, 4) is 0 Å². The first-order valence-corrected chi connectivity index (χ1v) is 7.20. The van der Waals surface area contributed by atoms with Crippen LogP contribution >= 0.6 is 23.4 Å². The van der Waals surface area contributed by atoms with Crippen LogP contribution in [0.5, 0.6) is 0 Å². The number of halogens is 1. The Hall–Kier alpha value is -1.19. The number of aryl methyl sites for hydroxylation is 1. The van der Waals surface area contributed by atoms with Crippen molar-refractivity contribution in [3.63, 3.8) is 0 Å². The highest BCUT2D eigenvalue weighted by atomic mass is 35.5. The largest absolute Gasteiger partial charge is 0.399 e. The molecule has 0 saturated heterocycles. The van der Waals surface area contributed by atoms with Gasteiger partial charge in [-0.15, -0.1) is 11.8 Å². The molecule has 2 aromatic rings. The zero-order chi connectivity index (χ0) is 12.8. The number of hydrogen-bond acceptors (Lipinski definition) is 3. The second-order valence-electron chi connectivity index (χ2n) is 3.98. The van der Waals surface area contributed by atoms with Crippen molar-refractivity contribution in [2.24, 2.45) is 0 Å². The predicted molar refractivity (Wildman–Crippen MR) is 79.1 cm³/mol. The minimum absolute atomic E-state index is 0.731. The Morgan fingerprint density at radius 2 is 1.94 bits per heavy atom. The van der Waals surface area contributed by atoms with Gasteiger partial charge in [0.1, 0.15) is 5.03 Å². The van der Waals surface area contributed by atoms with Gasteiger partial charge in [0.15, 0.2) is 0 Å². The highest BCUT2D eigenvalue weighted by molar-refractivity contribution is 7.99. The summed E-state index contributed by atoms with van der Waals surface area (Å²) in [5.41, 5.74) is 7.78. The molecule has 0 aliphatic carbocycles. The van der Waals surface area contributed by atoms with Gasteiger partial charge in [-0.2, -0.15) is 0 Å². The maximum Gasteiger partial charge on any atom is 0.115 e. The molecule has 2 N–H and O–H groups in total. The van der Waals surface area contributed by atoms with Crippen LogP contribution in [-0.2, 0) is 6.42 Å². The zero-order valence-corrected chi connectivity index (χ0v) is 11.5. The molecule has 18 heavy (non-hydrogen) atoms. The molecule has 1 heterocycles. The fourth-order valence-corrected chi connectivity index (χ4v) is 2.72. The van der Waals surface area contributed by atoms with Crippen molar-refractivity contribution in [1.82, 2.24) is 4.98 Å². The zero-order valence-electron chi connectivity index (χ0n) is 9.97. The van der Waals surface area contributed by atoms with Crippen molar-refractivity contribution in [1.29, 1.82) is 0 Å². The lowest BCUT2D eigenvalue weighted by Crippen LogP contribution is -1.90. The summed E-state index contributed by atoms with van der Waals surface area (Å²) in [7, 11) is 0. The van der Waals surface area contributed by atoms with Crippen LogP contribution in [0.1, 0.15) is 12.0 Å². The van der Waals surface area contributed by atoms with Crippen LogP contribution in [0.15, 0.2) is 47.6 Å². The smallest absolute Gasteiger partial charge is 0.115 e. The van der Waals surface area contributed by atoms with Crippen molar-refractivity contribution >= 4 is 29.1 Å². The Balaban J connectivity index is 1.76. The van der Waals surface area contributed by atoms with E-state index in [4.69, 9.17) is 17.3 Å². The normalized spacial score (nSPS) is 10.5. The number of aromatic nitrogens is 1. The number of thioether (sulfide) groups is 1. The molecule has 1 aromatic heterocycles. The fraction of sp³-hybridized carbons (Fsp3) is 0.214. The van der Waals surface area contributed by atoms with Crippen LogP contribution < -0.4 is 5.73 Å². The summed E-state index contributed by atoms with van der Waals surface area (Å²) in [4.78, 5) is 4.25. The Bertz CT molecular complexity index is 499. The van der Waals surface area contributed by atoms with Gasteiger partial charge in [0.2, 0.25) is 0 Å². The maximum absolute atomic E-state index is 6.04. The number of pyridine rings is 1. The van der Waals surface area contributed by atoms with Gasteiger partial charge in [0.25, 0.3) is 0 Å². The average Bonchev–Trinajstić information content (AvgIpc) is 2.39. The van der Waals surface area contributed by atoms with Gasteiger partial charge in [-0.3, -0.25) is 0 Å². The van der Waals surface area contributed by atoms with Crippen LogP contribution in [0.2, 0.25) is 5.02 Å². The maximum atomic E-state index is 6.04. The molecule has 0 atom stereocenters. The number of benzene rings is 1. The Labute approximate surface area is 117 Å². The molecule has 0 amide bonds. The lowest BCUT2D eigenvalue weighted by molar-refractivity contribution is 0.931. The van der Waals surface area contributed by atoms with E-state index in [1.807, 2.05) is 24.3 Å². The summed E-state index contributed by atoms with van der Waals surface area (Å²) in [6.07, 6.45) is 3.92. The molecule has 0 saturated carbocycles. The first-order valence-electron chi connectivity index (χ1n) is 5.83. The molecule has 94 valence electrons. The number of nitrogens with zero attached hydrogens (tertiary/aromatic N) is 1. The van der Waals surface area contributed by atoms with E-state index in [-0.39, 0.29) is 0 Å². The van der Waals surface area contributed by atoms with Gasteiger partial charge in [0.05, 0.1) is 5.02 Å². The van der Waals surface area contributed by atoms with Crippen molar-refractivity contribution in [2.45, 2.75) is 17.9 Å². The lowest BCUT2D eigenvalue weighted by atomic mass is 10.1. The molecule has 2 rings (SSSR count). The van der Waals surface area contributed by atoms with E-state index in [1.165, 1.54) is 5.56 Å². The third-order valence-electron chi connectivity index (χ3n) is 2.55. The van der Waals surface area contributed by atoms with Gasteiger partial charge in [-0.05, 0) is 48.4 Å². The molecular formula is C14H15ClN2S. The molecule has 0 aliphatic heterocycles. The highest BCUT2D eigenvalue weighted by Crippen LogP contribution is 2.24.